The van der Waals surface area contributed by atoms with Gasteiger partial charge in [0.25, 0.3) is 11.8 Å². The summed E-state index contributed by atoms with van der Waals surface area (Å²) in [6.07, 6.45) is 0. The van der Waals surface area contributed by atoms with Crippen LogP contribution in [0.2, 0.25) is 0 Å². The van der Waals surface area contributed by atoms with E-state index in [4.69, 9.17) is 4.74 Å². The first-order valence-electron chi connectivity index (χ1n) is 7.70. The van der Waals surface area contributed by atoms with Gasteiger partial charge in [0.1, 0.15) is 11.8 Å². The van der Waals surface area contributed by atoms with E-state index >= 15 is 0 Å². The third-order valence-corrected chi connectivity index (χ3v) is 3.77. The Morgan fingerprint density at radius 3 is 2.60 bits per heavy atom. The number of rotatable bonds is 5. The summed E-state index contributed by atoms with van der Waals surface area (Å²) < 4.78 is 5.39. The number of imide groups is 1. The molecule has 128 valence electrons. The van der Waals surface area contributed by atoms with E-state index in [0.29, 0.717) is 17.0 Å². The van der Waals surface area contributed by atoms with Gasteiger partial charge >= 0.3 is 6.03 Å². The Morgan fingerprint density at radius 2 is 1.92 bits per heavy atom. The van der Waals surface area contributed by atoms with Crippen LogP contribution >= 0.6 is 0 Å². The highest BCUT2D eigenvalue weighted by atomic mass is 16.5. The van der Waals surface area contributed by atoms with Crippen molar-refractivity contribution in [1.29, 1.82) is 0 Å². The van der Waals surface area contributed by atoms with Crippen molar-refractivity contribution >= 4 is 23.5 Å². The number of carbonyl (C=O) groups excluding carboxylic acids is 3. The van der Waals surface area contributed by atoms with Gasteiger partial charge in [-0.3, -0.25) is 14.5 Å². The first kappa shape index (κ1) is 16.5. The number of carbonyl (C=O) groups is 3. The number of para-hydroxylation sites is 1. The summed E-state index contributed by atoms with van der Waals surface area (Å²) in [4.78, 5) is 36.6. The maximum Gasteiger partial charge on any atom is 0.324 e. The standard InChI is InChI=1S/C18H17N3O4/c1-21-17(23)16(20-18(21)24)12-6-5-7-13(10-12)19-15(22)11-25-14-8-3-2-4-9-14/h2-10,16H,11H2,1H3,(H,19,22)(H,20,24). The van der Waals surface area contributed by atoms with Crippen molar-refractivity contribution in [3.8, 4) is 5.75 Å². The van der Waals surface area contributed by atoms with Crippen LogP contribution in [0.4, 0.5) is 10.5 Å². The number of ether oxygens (including phenoxy) is 1. The molecule has 1 aliphatic heterocycles. The number of hydrogen-bond acceptors (Lipinski definition) is 4. The summed E-state index contributed by atoms with van der Waals surface area (Å²) in [5.41, 5.74) is 1.13. The largest absolute Gasteiger partial charge is 0.484 e. The molecule has 1 unspecified atom stereocenters. The minimum atomic E-state index is -0.741. The van der Waals surface area contributed by atoms with Crippen LogP contribution in [0, 0.1) is 0 Å². The molecule has 0 aliphatic carbocycles. The molecule has 1 atom stereocenters. The molecule has 0 spiro atoms. The van der Waals surface area contributed by atoms with Crippen LogP contribution in [-0.2, 0) is 9.59 Å². The van der Waals surface area contributed by atoms with Crippen LogP contribution in [0.5, 0.6) is 5.75 Å². The predicted octanol–water partition coefficient (Wildman–Crippen LogP) is 1.93. The Morgan fingerprint density at radius 1 is 1.16 bits per heavy atom. The predicted molar refractivity (Wildman–Crippen MR) is 91.1 cm³/mol. The van der Waals surface area contributed by atoms with E-state index in [1.54, 1.807) is 36.4 Å². The van der Waals surface area contributed by atoms with Gasteiger partial charge in [-0.25, -0.2) is 4.79 Å². The van der Waals surface area contributed by atoms with Crippen LogP contribution in [0.25, 0.3) is 0 Å². The quantitative estimate of drug-likeness (QED) is 0.815. The Hall–Kier alpha value is -3.35. The van der Waals surface area contributed by atoms with Crippen molar-refractivity contribution in [1.82, 2.24) is 10.2 Å². The summed E-state index contributed by atoms with van der Waals surface area (Å²) >= 11 is 0. The molecule has 0 aromatic heterocycles. The van der Waals surface area contributed by atoms with E-state index < -0.39 is 12.1 Å². The lowest BCUT2D eigenvalue weighted by molar-refractivity contribution is -0.126. The van der Waals surface area contributed by atoms with E-state index in [-0.39, 0.29) is 18.4 Å². The van der Waals surface area contributed by atoms with Crippen LogP contribution in [0.3, 0.4) is 0 Å². The minimum Gasteiger partial charge on any atom is -0.484 e. The number of amides is 4. The van der Waals surface area contributed by atoms with Crippen molar-refractivity contribution < 1.29 is 19.1 Å². The summed E-state index contributed by atoms with van der Waals surface area (Å²) in [6.45, 7) is -0.129. The Bertz CT molecular complexity index is 807. The molecule has 1 heterocycles. The number of hydrogen-bond donors (Lipinski definition) is 2. The van der Waals surface area contributed by atoms with Gasteiger partial charge < -0.3 is 15.4 Å². The molecule has 2 N–H and O–H groups in total. The second kappa shape index (κ2) is 7.04. The first-order chi connectivity index (χ1) is 12.0. The van der Waals surface area contributed by atoms with Crippen LogP contribution in [0.1, 0.15) is 11.6 Å². The van der Waals surface area contributed by atoms with E-state index in [9.17, 15) is 14.4 Å². The van der Waals surface area contributed by atoms with Crippen molar-refractivity contribution in [2.24, 2.45) is 0 Å². The number of anilines is 1. The lowest BCUT2D eigenvalue weighted by atomic mass is 10.1. The van der Waals surface area contributed by atoms with E-state index in [2.05, 4.69) is 10.6 Å². The number of likely N-dealkylation sites (N-methyl/N-ethyl adjacent to an activating group) is 1. The number of nitrogens with one attached hydrogen (secondary N) is 2. The van der Waals surface area contributed by atoms with Crippen molar-refractivity contribution in [3.05, 3.63) is 60.2 Å². The SMILES string of the molecule is CN1C(=O)NC(c2cccc(NC(=O)COc3ccccc3)c2)C1=O. The molecule has 25 heavy (non-hydrogen) atoms. The summed E-state index contributed by atoms with van der Waals surface area (Å²) in [7, 11) is 1.42. The lowest BCUT2D eigenvalue weighted by Crippen LogP contribution is -2.25. The normalized spacial score (nSPS) is 16.5. The number of nitrogens with zero attached hydrogens (tertiary/aromatic N) is 1. The smallest absolute Gasteiger partial charge is 0.324 e. The van der Waals surface area contributed by atoms with Crippen LogP contribution in [-0.4, -0.2) is 36.4 Å². The Labute approximate surface area is 144 Å². The molecule has 3 rings (SSSR count). The average Bonchev–Trinajstić information content (AvgIpc) is 2.88. The van der Waals surface area contributed by atoms with Gasteiger partial charge in [0.2, 0.25) is 0 Å². The van der Waals surface area contributed by atoms with Gasteiger partial charge in [-0.2, -0.15) is 0 Å². The molecule has 7 heteroatoms. The molecule has 2 aromatic carbocycles. The molecule has 4 amide bonds. The summed E-state index contributed by atoms with van der Waals surface area (Å²) in [5.74, 6) is -0.0468. The fourth-order valence-corrected chi connectivity index (χ4v) is 2.46. The molecule has 1 saturated heterocycles. The highest BCUT2D eigenvalue weighted by Crippen LogP contribution is 2.23. The van der Waals surface area contributed by atoms with Crippen LogP contribution in [0.15, 0.2) is 54.6 Å². The van der Waals surface area contributed by atoms with Gasteiger partial charge in [0.05, 0.1) is 0 Å². The van der Waals surface area contributed by atoms with E-state index in [1.165, 1.54) is 7.05 Å². The molecular weight excluding hydrogens is 322 g/mol. The minimum absolute atomic E-state index is 0.129. The third-order valence-electron chi connectivity index (χ3n) is 3.77. The van der Waals surface area contributed by atoms with Crippen molar-refractivity contribution in [2.45, 2.75) is 6.04 Å². The average molecular weight is 339 g/mol. The fourth-order valence-electron chi connectivity index (χ4n) is 2.46. The topological polar surface area (TPSA) is 87.7 Å². The third kappa shape index (κ3) is 3.77. The maximum atomic E-state index is 12.0. The van der Waals surface area contributed by atoms with Crippen molar-refractivity contribution in [3.63, 3.8) is 0 Å². The zero-order valence-corrected chi connectivity index (χ0v) is 13.6. The fraction of sp³-hybridized carbons (Fsp3) is 0.167. The maximum absolute atomic E-state index is 12.0. The highest BCUT2D eigenvalue weighted by Gasteiger charge is 2.36. The van der Waals surface area contributed by atoms with Gasteiger partial charge in [0.15, 0.2) is 6.61 Å². The zero-order valence-electron chi connectivity index (χ0n) is 13.6. The summed E-state index contributed by atoms with van der Waals surface area (Å²) in [6, 6.07) is 14.6. The van der Waals surface area contributed by atoms with Crippen LogP contribution < -0.4 is 15.4 Å². The van der Waals surface area contributed by atoms with Gasteiger partial charge in [-0.05, 0) is 29.8 Å². The Kier molecular flexibility index (Phi) is 4.65. The molecule has 1 fully saturated rings. The molecule has 2 aromatic rings. The van der Waals surface area contributed by atoms with Gasteiger partial charge in [-0.15, -0.1) is 0 Å². The van der Waals surface area contributed by atoms with E-state index in [1.807, 2.05) is 18.2 Å². The van der Waals surface area contributed by atoms with Crippen molar-refractivity contribution in [2.75, 3.05) is 19.0 Å². The second-order valence-corrected chi connectivity index (χ2v) is 5.56. The van der Waals surface area contributed by atoms with E-state index in [0.717, 1.165) is 4.90 Å². The number of benzene rings is 2. The molecule has 0 saturated carbocycles. The zero-order chi connectivity index (χ0) is 17.8. The number of urea groups is 1. The van der Waals surface area contributed by atoms with Gasteiger partial charge in [-0.1, -0.05) is 30.3 Å². The molecular formula is C18H17N3O4. The molecule has 0 bridgehead atoms. The molecule has 7 nitrogen and oxygen atoms in total. The highest BCUT2D eigenvalue weighted by molar-refractivity contribution is 6.04. The second-order valence-electron chi connectivity index (χ2n) is 5.56. The summed E-state index contributed by atoms with van der Waals surface area (Å²) in [5, 5.41) is 5.31. The Balaban J connectivity index is 1.63. The lowest BCUT2D eigenvalue weighted by Gasteiger charge is -2.11. The molecule has 1 aliphatic rings. The first-order valence-corrected chi connectivity index (χ1v) is 7.70. The molecule has 0 radical (unpaired) electrons. The monoisotopic (exact) mass is 339 g/mol. The van der Waals surface area contributed by atoms with Gasteiger partial charge in [0, 0.05) is 12.7 Å².